The Labute approximate surface area is 174 Å². The van der Waals surface area contributed by atoms with E-state index in [9.17, 15) is 18.0 Å². The molecule has 0 rings (SSSR count). The van der Waals surface area contributed by atoms with Gasteiger partial charge in [-0.2, -0.15) is 8.42 Å². The third kappa shape index (κ3) is 11.9. The first-order valence-corrected chi connectivity index (χ1v) is 8.19. The quantitative estimate of drug-likeness (QED) is 0.146. The average molecular weight is 366 g/mol. The molecule has 0 bridgehead atoms. The smallest absolute Gasteiger partial charge is 1.00 e. The summed E-state index contributed by atoms with van der Waals surface area (Å²) in [4.78, 5) is 22.1. The van der Waals surface area contributed by atoms with Gasteiger partial charge in [0.1, 0.15) is 0 Å². The first kappa shape index (κ1) is 24.7. The zero-order valence-electron chi connectivity index (χ0n) is 14.1. The van der Waals surface area contributed by atoms with Crippen LogP contribution in [0.3, 0.4) is 0 Å². The molecule has 0 heterocycles. The summed E-state index contributed by atoms with van der Waals surface area (Å²) >= 11 is 0. The van der Waals surface area contributed by atoms with Crippen LogP contribution in [0.4, 0.5) is 0 Å². The van der Waals surface area contributed by atoms with Gasteiger partial charge in [-0.25, -0.2) is 0 Å². The van der Waals surface area contributed by atoms with Crippen LogP contribution in [0.25, 0.3) is 0 Å². The summed E-state index contributed by atoms with van der Waals surface area (Å²) in [5, 5.41) is 6.39. The fourth-order valence-corrected chi connectivity index (χ4v) is 2.17. The van der Waals surface area contributed by atoms with Crippen LogP contribution in [-0.4, -0.2) is 48.2 Å². The van der Waals surface area contributed by atoms with Gasteiger partial charge in [0.15, 0.2) is 11.5 Å². The van der Waals surface area contributed by atoms with Gasteiger partial charge in [0, 0.05) is 0 Å². The van der Waals surface area contributed by atoms with Crippen molar-refractivity contribution in [3.05, 3.63) is 0 Å². The maximum atomic E-state index is 11.6. The predicted molar refractivity (Wildman–Crippen MR) is 74.3 cm³/mol. The van der Waals surface area contributed by atoms with E-state index in [0.717, 1.165) is 25.7 Å². The van der Waals surface area contributed by atoms with Crippen LogP contribution >= 0.6 is 0 Å². The minimum Gasteiger partial charge on any atom is -1.00 e. The summed E-state index contributed by atoms with van der Waals surface area (Å²) in [5.74, 6) is -2.89. The van der Waals surface area contributed by atoms with Crippen molar-refractivity contribution in [2.24, 2.45) is 0 Å². The van der Waals surface area contributed by atoms with Crippen molar-refractivity contribution in [3.8, 4) is 0 Å². The maximum absolute atomic E-state index is 11.6. The average Bonchev–Trinajstić information content (AvgIpc) is 2.34. The molecule has 0 aromatic rings. The topological polar surface area (TPSA) is 127 Å². The third-order valence-corrected chi connectivity index (χ3v) is 3.69. The van der Waals surface area contributed by atoms with E-state index in [1.807, 2.05) is 0 Å². The molecule has 10 heteroatoms. The van der Waals surface area contributed by atoms with E-state index >= 15 is 0 Å². The van der Waals surface area contributed by atoms with Crippen LogP contribution < -0.4 is 51.4 Å². The first-order chi connectivity index (χ1) is 9.68. The van der Waals surface area contributed by atoms with Crippen LogP contribution in [0.15, 0.2) is 0 Å². The molecule has 0 aliphatic heterocycles. The molecular weight excluding hydrogens is 343 g/mol. The van der Waals surface area contributed by atoms with Crippen molar-refractivity contribution in [1.82, 2.24) is 0 Å². The van der Waals surface area contributed by atoms with E-state index in [2.05, 4.69) is 11.7 Å². The van der Waals surface area contributed by atoms with Gasteiger partial charge >= 0.3 is 63.3 Å². The normalized spacial score (nSPS) is 13.8. The minimum atomic E-state index is -4.85. The van der Waals surface area contributed by atoms with Gasteiger partial charge in [0.2, 0.25) is 0 Å². The summed E-state index contributed by atoms with van der Waals surface area (Å²) in [5.41, 5.74) is 0. The number of carboxylic acid groups (broad SMARTS) is 1. The fraction of sp³-hybridized carbons (Fsp3) is 0.833. The predicted octanol–water partition coefficient (Wildman–Crippen LogP) is -1.68. The molecule has 2 unspecified atom stereocenters. The number of unbranched alkanes of at least 4 members (excludes halogenated alkanes) is 3. The van der Waals surface area contributed by atoms with E-state index in [4.69, 9.17) is 14.4 Å². The monoisotopic (exact) mass is 366 g/mol. The summed E-state index contributed by atoms with van der Waals surface area (Å²) in [6.07, 6.45) is 1.77. The molecular formula is C12H23KO8S. The SMILES string of the molecule is CCCCCCOC(C)OC(=O)C(CC(=O)O)S(=O)(=O)O.[H-].[K+]. The number of aliphatic carboxylic acids is 1. The van der Waals surface area contributed by atoms with E-state index < -0.39 is 40.0 Å². The molecule has 0 saturated carbocycles. The van der Waals surface area contributed by atoms with E-state index in [0.29, 0.717) is 6.61 Å². The van der Waals surface area contributed by atoms with E-state index in [1.54, 1.807) is 0 Å². The third-order valence-electron chi connectivity index (χ3n) is 2.62. The van der Waals surface area contributed by atoms with Crippen molar-refractivity contribution in [2.45, 2.75) is 57.5 Å². The van der Waals surface area contributed by atoms with Crippen molar-refractivity contribution >= 4 is 22.1 Å². The van der Waals surface area contributed by atoms with Gasteiger partial charge in [0.25, 0.3) is 10.1 Å². The molecule has 0 amide bonds. The molecule has 0 aliphatic rings. The molecule has 0 aromatic carbocycles. The number of rotatable bonds is 11. The van der Waals surface area contributed by atoms with E-state index in [1.165, 1.54) is 6.92 Å². The number of ether oxygens (including phenoxy) is 2. The minimum absolute atomic E-state index is 0. The Morgan fingerprint density at radius 1 is 1.23 bits per heavy atom. The summed E-state index contributed by atoms with van der Waals surface area (Å²) < 4.78 is 40.6. The Morgan fingerprint density at radius 3 is 2.27 bits per heavy atom. The van der Waals surface area contributed by atoms with Crippen LogP contribution in [0.2, 0.25) is 0 Å². The second kappa shape index (κ2) is 12.8. The van der Waals surface area contributed by atoms with Gasteiger partial charge in [-0.1, -0.05) is 26.2 Å². The molecule has 22 heavy (non-hydrogen) atoms. The zero-order valence-corrected chi connectivity index (χ0v) is 17.1. The Hall–Kier alpha value is 0.446. The molecule has 0 fully saturated rings. The molecule has 0 aliphatic carbocycles. The first-order valence-electron chi connectivity index (χ1n) is 6.68. The molecule has 2 N–H and O–H groups in total. The Bertz CT molecular complexity index is 442. The largest absolute Gasteiger partial charge is 1.00 e. The number of hydrogen-bond donors (Lipinski definition) is 2. The Balaban J connectivity index is -0.00000200. The van der Waals surface area contributed by atoms with E-state index in [-0.39, 0.29) is 52.8 Å². The van der Waals surface area contributed by atoms with Gasteiger partial charge in [-0.3, -0.25) is 14.1 Å². The molecule has 126 valence electrons. The number of carbonyl (C=O) groups excluding carboxylic acids is 1. The molecule has 8 nitrogen and oxygen atoms in total. The molecule has 0 spiro atoms. The number of carboxylic acids is 1. The van der Waals surface area contributed by atoms with Crippen molar-refractivity contribution in [1.29, 1.82) is 0 Å². The standard InChI is InChI=1S/C12H22O8S.K.H/c1-3-4-5-6-7-19-9(2)20-12(15)10(8-11(13)14)21(16,17)18;;/h9-10H,3-8H2,1-2H3,(H,13,14)(H,16,17,18);;/q;+1;-1. The number of carbonyl (C=O) groups is 2. The fourth-order valence-electron chi connectivity index (χ4n) is 1.52. The summed E-state index contributed by atoms with van der Waals surface area (Å²) in [6.45, 7) is 3.78. The van der Waals surface area contributed by atoms with Crippen molar-refractivity contribution in [2.75, 3.05) is 6.61 Å². The summed E-state index contributed by atoms with van der Waals surface area (Å²) in [6, 6.07) is 0. The molecule has 0 aromatic heterocycles. The maximum Gasteiger partial charge on any atom is 1.00 e. The molecule has 0 saturated heterocycles. The van der Waals surface area contributed by atoms with Gasteiger partial charge < -0.3 is 16.0 Å². The van der Waals surface area contributed by atoms with Crippen molar-refractivity contribution < 1.29 is 90.0 Å². The number of esters is 1. The van der Waals surface area contributed by atoms with Crippen LogP contribution in [-0.2, 0) is 29.2 Å². The number of hydrogen-bond acceptors (Lipinski definition) is 6. The Morgan fingerprint density at radius 2 is 1.82 bits per heavy atom. The second-order valence-corrected chi connectivity index (χ2v) is 6.14. The van der Waals surface area contributed by atoms with Gasteiger partial charge in [-0.15, -0.1) is 0 Å². The van der Waals surface area contributed by atoms with Gasteiger partial charge in [-0.05, 0) is 13.3 Å². The Kier molecular flexibility index (Phi) is 14.4. The van der Waals surface area contributed by atoms with Crippen molar-refractivity contribution in [3.63, 3.8) is 0 Å². The van der Waals surface area contributed by atoms with Crippen LogP contribution in [0.1, 0.15) is 47.4 Å². The zero-order chi connectivity index (χ0) is 16.5. The second-order valence-electron chi connectivity index (χ2n) is 4.54. The van der Waals surface area contributed by atoms with Crippen LogP contribution in [0, 0.1) is 0 Å². The molecule has 0 radical (unpaired) electrons. The summed E-state index contributed by atoms with van der Waals surface area (Å²) in [7, 11) is -4.85. The van der Waals surface area contributed by atoms with Crippen LogP contribution in [0.5, 0.6) is 0 Å². The molecule has 2 atom stereocenters. The van der Waals surface area contributed by atoms with Gasteiger partial charge in [0.05, 0.1) is 13.0 Å².